The van der Waals surface area contributed by atoms with Gasteiger partial charge in [0.25, 0.3) is 5.91 Å². The van der Waals surface area contributed by atoms with Crippen molar-refractivity contribution in [2.75, 3.05) is 19.0 Å². The lowest BCUT2D eigenvalue weighted by molar-refractivity contribution is -0.148. The number of methoxy groups -OCH3 is 1. The largest absolute Gasteiger partial charge is 0.497 e. The minimum atomic E-state index is -3.94. The number of ether oxygens (including phenoxy) is 2. The van der Waals surface area contributed by atoms with Gasteiger partial charge in [-0.1, -0.05) is 5.16 Å². The predicted octanol–water partition coefficient (Wildman–Crippen LogP) is 0.840. The molecular formula is C16H19N3O7S. The van der Waals surface area contributed by atoms with E-state index < -0.39 is 34.5 Å². The summed E-state index contributed by atoms with van der Waals surface area (Å²) >= 11 is 0. The van der Waals surface area contributed by atoms with Gasteiger partial charge in [-0.3, -0.25) is 9.59 Å². The molecule has 0 radical (unpaired) electrons. The highest BCUT2D eigenvalue weighted by molar-refractivity contribution is 7.89. The van der Waals surface area contributed by atoms with E-state index in [4.69, 9.17) is 14.0 Å². The number of sulfonamides is 1. The minimum Gasteiger partial charge on any atom is -0.497 e. The molecule has 2 rings (SSSR count). The van der Waals surface area contributed by atoms with Gasteiger partial charge < -0.3 is 19.3 Å². The third kappa shape index (κ3) is 5.79. The summed E-state index contributed by atoms with van der Waals surface area (Å²) in [5.41, 5.74) is 0. The number of aromatic nitrogens is 1. The van der Waals surface area contributed by atoms with Crippen LogP contribution in [0.15, 0.2) is 39.8 Å². The highest BCUT2D eigenvalue weighted by Gasteiger charge is 2.24. The Morgan fingerprint density at radius 1 is 1.26 bits per heavy atom. The molecule has 0 spiro atoms. The lowest BCUT2D eigenvalue weighted by Crippen LogP contribution is -2.40. The van der Waals surface area contributed by atoms with Crippen LogP contribution in [0.3, 0.4) is 0 Å². The van der Waals surface area contributed by atoms with Gasteiger partial charge in [-0.15, -0.1) is 0 Å². The van der Waals surface area contributed by atoms with Crippen LogP contribution in [-0.4, -0.2) is 45.2 Å². The second-order valence-corrected chi connectivity index (χ2v) is 7.21. The Hall–Kier alpha value is -2.92. The Labute approximate surface area is 155 Å². The van der Waals surface area contributed by atoms with Crippen LogP contribution in [-0.2, 0) is 24.3 Å². The monoisotopic (exact) mass is 397 g/mol. The van der Waals surface area contributed by atoms with Gasteiger partial charge in [-0.05, 0) is 38.1 Å². The highest BCUT2D eigenvalue weighted by Crippen LogP contribution is 2.15. The van der Waals surface area contributed by atoms with Crippen LogP contribution >= 0.6 is 0 Å². The summed E-state index contributed by atoms with van der Waals surface area (Å²) in [5.74, 6) is -0.360. The Kier molecular flexibility index (Phi) is 6.53. The van der Waals surface area contributed by atoms with Gasteiger partial charge in [-0.25, -0.2) is 8.42 Å². The van der Waals surface area contributed by atoms with E-state index in [0.717, 1.165) is 0 Å². The van der Waals surface area contributed by atoms with E-state index in [1.54, 1.807) is 6.92 Å². The summed E-state index contributed by atoms with van der Waals surface area (Å²) in [6, 6.07) is 5.94. The molecule has 1 aromatic heterocycles. The van der Waals surface area contributed by atoms with Gasteiger partial charge in [0.2, 0.25) is 10.0 Å². The van der Waals surface area contributed by atoms with Crippen molar-refractivity contribution in [3.8, 4) is 5.75 Å². The second kappa shape index (κ2) is 8.64. The number of rotatable bonds is 8. The summed E-state index contributed by atoms with van der Waals surface area (Å²) < 4.78 is 41.3. The van der Waals surface area contributed by atoms with Gasteiger partial charge in [-0.2, -0.15) is 4.72 Å². The average molecular weight is 397 g/mol. The molecule has 0 saturated carbocycles. The van der Waals surface area contributed by atoms with Gasteiger partial charge >= 0.3 is 5.97 Å². The molecule has 0 aliphatic rings. The first-order valence-corrected chi connectivity index (χ1v) is 9.26. The Morgan fingerprint density at radius 3 is 2.48 bits per heavy atom. The summed E-state index contributed by atoms with van der Waals surface area (Å²) in [4.78, 5) is 23.6. The number of carbonyl (C=O) groups excluding carboxylic acids is 2. The Balaban J connectivity index is 1.87. The summed E-state index contributed by atoms with van der Waals surface area (Å²) in [6.45, 7) is 2.36. The number of aryl methyl sites for hydroxylation is 1. The number of amides is 1. The fourth-order valence-electron chi connectivity index (χ4n) is 1.97. The molecule has 2 N–H and O–H groups in total. The zero-order chi connectivity index (χ0) is 20.0. The lowest BCUT2D eigenvalue weighted by atomic mass is 10.3. The van der Waals surface area contributed by atoms with Crippen LogP contribution in [0.4, 0.5) is 5.82 Å². The van der Waals surface area contributed by atoms with Crippen molar-refractivity contribution in [2.24, 2.45) is 0 Å². The lowest BCUT2D eigenvalue weighted by Gasteiger charge is -2.13. The van der Waals surface area contributed by atoms with Crippen LogP contribution < -0.4 is 14.8 Å². The maximum atomic E-state index is 12.3. The standard InChI is InChI=1S/C16H19N3O7S/c1-10-8-14(18-26-10)17-15(20)9-25-16(21)11(2)19-27(22,23)13-6-4-12(24-3)5-7-13/h4-8,11,19H,9H2,1-3H3,(H,17,18,20)/t11-/m0/s1. The van der Waals surface area contributed by atoms with Gasteiger partial charge in [0.15, 0.2) is 12.4 Å². The number of hydrogen-bond acceptors (Lipinski definition) is 8. The van der Waals surface area contributed by atoms with Crippen molar-refractivity contribution in [3.05, 3.63) is 36.1 Å². The number of anilines is 1. The van der Waals surface area contributed by atoms with E-state index >= 15 is 0 Å². The van der Waals surface area contributed by atoms with Crippen LogP contribution in [0.25, 0.3) is 0 Å². The topological polar surface area (TPSA) is 137 Å². The number of carbonyl (C=O) groups is 2. The molecule has 0 bridgehead atoms. The molecular weight excluding hydrogens is 378 g/mol. The SMILES string of the molecule is COc1ccc(S(=O)(=O)N[C@@H](C)C(=O)OCC(=O)Nc2cc(C)on2)cc1. The number of benzene rings is 1. The third-order valence-electron chi connectivity index (χ3n) is 3.30. The van der Waals surface area contributed by atoms with Crippen LogP contribution in [0, 0.1) is 6.92 Å². The zero-order valence-electron chi connectivity index (χ0n) is 14.9. The maximum absolute atomic E-state index is 12.3. The first-order valence-electron chi connectivity index (χ1n) is 7.77. The fraction of sp³-hybridized carbons (Fsp3) is 0.312. The number of hydrogen-bond donors (Lipinski definition) is 2. The molecule has 0 saturated heterocycles. The van der Waals surface area contributed by atoms with Gasteiger partial charge in [0, 0.05) is 6.07 Å². The summed E-state index contributed by atoms with van der Waals surface area (Å²) in [5, 5.41) is 5.93. The average Bonchev–Trinajstić information content (AvgIpc) is 3.04. The van der Waals surface area contributed by atoms with Crippen molar-refractivity contribution in [2.45, 2.75) is 24.8 Å². The fourth-order valence-corrected chi connectivity index (χ4v) is 3.16. The highest BCUT2D eigenvalue weighted by atomic mass is 32.2. The maximum Gasteiger partial charge on any atom is 0.324 e. The molecule has 0 aliphatic carbocycles. The molecule has 10 nitrogen and oxygen atoms in total. The van der Waals surface area contributed by atoms with Crippen molar-refractivity contribution in [1.82, 2.24) is 9.88 Å². The number of esters is 1. The van der Waals surface area contributed by atoms with Gasteiger partial charge in [0.05, 0.1) is 12.0 Å². The Morgan fingerprint density at radius 2 is 1.93 bits per heavy atom. The Bertz CT molecular complexity index is 906. The first-order chi connectivity index (χ1) is 12.7. The van der Waals surface area contributed by atoms with Crippen molar-refractivity contribution in [3.63, 3.8) is 0 Å². The van der Waals surface area contributed by atoms with Crippen LogP contribution in [0.1, 0.15) is 12.7 Å². The molecule has 0 aliphatic heterocycles. The van der Waals surface area contributed by atoms with Gasteiger partial charge in [0.1, 0.15) is 17.6 Å². The molecule has 146 valence electrons. The van der Waals surface area contributed by atoms with Crippen LogP contribution in [0.5, 0.6) is 5.75 Å². The van der Waals surface area contributed by atoms with Crippen LogP contribution in [0.2, 0.25) is 0 Å². The van der Waals surface area contributed by atoms with E-state index in [1.165, 1.54) is 44.4 Å². The van der Waals surface area contributed by atoms with Crippen molar-refractivity contribution >= 4 is 27.7 Å². The molecule has 0 fully saturated rings. The van der Waals surface area contributed by atoms with E-state index in [2.05, 4.69) is 15.2 Å². The molecule has 1 atom stereocenters. The van der Waals surface area contributed by atoms with E-state index in [9.17, 15) is 18.0 Å². The molecule has 0 unspecified atom stereocenters. The number of nitrogens with zero attached hydrogens (tertiary/aromatic N) is 1. The third-order valence-corrected chi connectivity index (χ3v) is 4.85. The molecule has 27 heavy (non-hydrogen) atoms. The second-order valence-electron chi connectivity index (χ2n) is 5.50. The quantitative estimate of drug-likeness (QED) is 0.625. The number of nitrogens with one attached hydrogen (secondary N) is 2. The summed E-state index contributed by atoms with van der Waals surface area (Å²) in [6.07, 6.45) is 0. The minimum absolute atomic E-state index is 0.0397. The first kappa shape index (κ1) is 20.4. The van der Waals surface area contributed by atoms with E-state index in [0.29, 0.717) is 11.5 Å². The van der Waals surface area contributed by atoms with E-state index in [-0.39, 0.29) is 10.7 Å². The molecule has 1 aromatic carbocycles. The normalized spacial score (nSPS) is 12.3. The molecule has 1 amide bonds. The molecule has 2 aromatic rings. The predicted molar refractivity (Wildman–Crippen MR) is 93.6 cm³/mol. The molecule has 1 heterocycles. The van der Waals surface area contributed by atoms with Crippen molar-refractivity contribution < 1.29 is 32.0 Å². The zero-order valence-corrected chi connectivity index (χ0v) is 15.7. The van der Waals surface area contributed by atoms with E-state index in [1.807, 2.05) is 0 Å². The van der Waals surface area contributed by atoms with Crippen molar-refractivity contribution in [1.29, 1.82) is 0 Å². The smallest absolute Gasteiger partial charge is 0.324 e. The summed E-state index contributed by atoms with van der Waals surface area (Å²) in [7, 11) is -2.49. The molecule has 11 heteroatoms.